The van der Waals surface area contributed by atoms with Crippen molar-refractivity contribution in [1.82, 2.24) is 4.98 Å². The zero-order valence-corrected chi connectivity index (χ0v) is 7.32. The Labute approximate surface area is 79.7 Å². The van der Waals surface area contributed by atoms with E-state index in [1.165, 1.54) is 6.07 Å². The predicted molar refractivity (Wildman–Crippen MR) is 46.2 cm³/mol. The molecule has 0 spiro atoms. The molecule has 74 valence electrons. The highest BCUT2D eigenvalue weighted by Gasteiger charge is 2.25. The molecule has 1 aliphatic rings. The summed E-state index contributed by atoms with van der Waals surface area (Å²) in [4.78, 5) is 24.7. The van der Waals surface area contributed by atoms with Gasteiger partial charge in [0.15, 0.2) is 6.29 Å². The number of nitrogens with one attached hydrogen (secondary N) is 1. The number of carbonyl (C=O) groups is 2. The zero-order valence-electron chi connectivity index (χ0n) is 7.32. The van der Waals surface area contributed by atoms with Crippen LogP contribution in [0.5, 0.6) is 0 Å². The first-order valence-electron chi connectivity index (χ1n) is 4.23. The quantitative estimate of drug-likeness (QED) is 0.613. The third-order valence-corrected chi connectivity index (χ3v) is 2.16. The van der Waals surface area contributed by atoms with Gasteiger partial charge in [0.05, 0.1) is 12.3 Å². The number of ketones is 1. The van der Waals surface area contributed by atoms with Gasteiger partial charge in [-0.2, -0.15) is 0 Å². The number of aldehydes is 1. The number of carbonyl (C=O) groups excluding carboxylic acids is 2. The van der Waals surface area contributed by atoms with Gasteiger partial charge in [0.2, 0.25) is 12.1 Å². The highest BCUT2D eigenvalue weighted by Crippen LogP contribution is 2.17. The van der Waals surface area contributed by atoms with Crippen LogP contribution in [0.1, 0.15) is 26.5 Å². The number of rotatable bonds is 1. The Kier molecular flexibility index (Phi) is 2.18. The Morgan fingerprint density at radius 2 is 2.43 bits per heavy atom. The molecular weight excluding hydrogens is 186 g/mol. The second kappa shape index (κ2) is 3.36. The first kappa shape index (κ1) is 9.11. The Balaban J connectivity index is 2.45. The van der Waals surface area contributed by atoms with Crippen molar-refractivity contribution in [3.63, 3.8) is 0 Å². The van der Waals surface area contributed by atoms with E-state index in [9.17, 15) is 14.7 Å². The monoisotopic (exact) mass is 195 g/mol. The van der Waals surface area contributed by atoms with Crippen LogP contribution >= 0.6 is 0 Å². The molecule has 0 aliphatic carbocycles. The molecule has 14 heavy (non-hydrogen) atoms. The fourth-order valence-corrected chi connectivity index (χ4v) is 1.48. The van der Waals surface area contributed by atoms with Crippen LogP contribution < -0.4 is 0 Å². The van der Waals surface area contributed by atoms with Crippen molar-refractivity contribution in [2.75, 3.05) is 6.61 Å². The predicted octanol–water partition coefficient (Wildman–Crippen LogP) is -0.0990. The summed E-state index contributed by atoms with van der Waals surface area (Å²) in [5.41, 5.74) is 1.34. The number of aromatic amines is 1. The molecular formula is C9H9NO4. The maximum atomic E-state index is 11.5. The number of hydrogen-bond donors (Lipinski definition) is 2. The number of aliphatic hydroxyl groups excluding tert-OH is 1. The Morgan fingerprint density at radius 3 is 3.14 bits per heavy atom. The summed E-state index contributed by atoms with van der Waals surface area (Å²) in [6.07, 6.45) is -0.285. The van der Waals surface area contributed by atoms with Gasteiger partial charge in [-0.15, -0.1) is 0 Å². The molecule has 2 rings (SSSR count). The molecule has 1 unspecified atom stereocenters. The molecule has 5 nitrogen and oxygen atoms in total. The maximum Gasteiger partial charge on any atom is 0.220 e. The van der Waals surface area contributed by atoms with E-state index >= 15 is 0 Å². The lowest BCUT2D eigenvalue weighted by Crippen LogP contribution is -2.22. The molecule has 1 aromatic heterocycles. The molecule has 1 aromatic rings. The van der Waals surface area contributed by atoms with Gasteiger partial charge in [0.25, 0.3) is 0 Å². The standard InChI is InChI=1S/C9H9NO4/c11-4-5-3-6-7(10-5)1-2-14-9(13)8(6)12/h3-4,9-10,13H,1-2H2. The van der Waals surface area contributed by atoms with Gasteiger partial charge in [0, 0.05) is 17.7 Å². The number of fused-ring (bicyclic) bond motifs is 1. The molecule has 0 aromatic carbocycles. The van der Waals surface area contributed by atoms with Crippen LogP contribution in [0.15, 0.2) is 6.07 Å². The van der Waals surface area contributed by atoms with Crippen LogP contribution in [0.4, 0.5) is 0 Å². The first-order valence-corrected chi connectivity index (χ1v) is 4.23. The van der Waals surface area contributed by atoms with E-state index in [-0.39, 0.29) is 6.61 Å². The Morgan fingerprint density at radius 1 is 1.64 bits per heavy atom. The number of hydrogen-bond acceptors (Lipinski definition) is 4. The van der Waals surface area contributed by atoms with Crippen molar-refractivity contribution in [2.45, 2.75) is 12.7 Å². The second-order valence-electron chi connectivity index (χ2n) is 3.07. The third kappa shape index (κ3) is 1.36. The van der Waals surface area contributed by atoms with Gasteiger partial charge in [0.1, 0.15) is 0 Å². The molecule has 1 atom stereocenters. The zero-order chi connectivity index (χ0) is 10.1. The van der Waals surface area contributed by atoms with Crippen LogP contribution in [0.2, 0.25) is 0 Å². The Hall–Kier alpha value is -1.46. The van der Waals surface area contributed by atoms with Gasteiger partial charge in [-0.25, -0.2) is 0 Å². The lowest BCUT2D eigenvalue weighted by molar-refractivity contribution is -0.0686. The first-order chi connectivity index (χ1) is 6.72. The average Bonchev–Trinajstić information content (AvgIpc) is 2.55. The fourth-order valence-electron chi connectivity index (χ4n) is 1.48. The van der Waals surface area contributed by atoms with Crippen LogP contribution in [0, 0.1) is 0 Å². The number of aromatic nitrogens is 1. The number of H-pyrrole nitrogens is 1. The van der Waals surface area contributed by atoms with Crippen LogP contribution in [-0.4, -0.2) is 35.1 Å². The lowest BCUT2D eigenvalue weighted by Gasteiger charge is -2.04. The number of aliphatic hydroxyl groups is 1. The van der Waals surface area contributed by atoms with Gasteiger partial charge in [-0.1, -0.05) is 0 Å². The van der Waals surface area contributed by atoms with E-state index in [0.717, 1.165) is 0 Å². The van der Waals surface area contributed by atoms with Crippen molar-refractivity contribution in [3.05, 3.63) is 23.0 Å². The number of ether oxygens (including phenoxy) is 1. The second-order valence-corrected chi connectivity index (χ2v) is 3.07. The molecule has 5 heteroatoms. The minimum Gasteiger partial charge on any atom is -0.362 e. The highest BCUT2D eigenvalue weighted by molar-refractivity contribution is 6.01. The molecule has 0 saturated heterocycles. The molecule has 0 fully saturated rings. The third-order valence-electron chi connectivity index (χ3n) is 2.16. The lowest BCUT2D eigenvalue weighted by atomic mass is 10.1. The van der Waals surface area contributed by atoms with E-state index in [4.69, 9.17) is 4.74 Å². The highest BCUT2D eigenvalue weighted by atomic mass is 16.6. The van der Waals surface area contributed by atoms with E-state index < -0.39 is 12.1 Å². The molecule has 0 saturated carbocycles. The summed E-state index contributed by atoms with van der Waals surface area (Å²) < 4.78 is 4.83. The summed E-state index contributed by atoms with van der Waals surface area (Å²) in [6.45, 7) is 0.263. The van der Waals surface area contributed by atoms with E-state index in [2.05, 4.69) is 4.98 Å². The van der Waals surface area contributed by atoms with Gasteiger partial charge >= 0.3 is 0 Å². The minimum absolute atomic E-state index is 0.263. The van der Waals surface area contributed by atoms with Gasteiger partial charge in [-0.3, -0.25) is 9.59 Å². The average molecular weight is 195 g/mol. The van der Waals surface area contributed by atoms with Crippen molar-refractivity contribution < 1.29 is 19.4 Å². The molecule has 0 bridgehead atoms. The van der Waals surface area contributed by atoms with Crippen molar-refractivity contribution in [2.24, 2.45) is 0 Å². The molecule has 1 aliphatic heterocycles. The van der Waals surface area contributed by atoms with E-state index in [0.29, 0.717) is 29.7 Å². The van der Waals surface area contributed by atoms with Crippen molar-refractivity contribution in [1.29, 1.82) is 0 Å². The van der Waals surface area contributed by atoms with E-state index in [1.807, 2.05) is 0 Å². The molecule has 0 amide bonds. The number of Topliss-reactive ketones (excluding diaryl/α,β-unsaturated/α-hetero) is 1. The van der Waals surface area contributed by atoms with Crippen LogP contribution in [0.25, 0.3) is 0 Å². The summed E-state index contributed by atoms with van der Waals surface area (Å²) in [6, 6.07) is 1.43. The van der Waals surface area contributed by atoms with Crippen molar-refractivity contribution >= 4 is 12.1 Å². The molecule has 0 radical (unpaired) electrons. The normalized spacial score (nSPS) is 21.5. The topological polar surface area (TPSA) is 79.4 Å². The Bertz CT molecular complexity index is 382. The maximum absolute atomic E-state index is 11.5. The smallest absolute Gasteiger partial charge is 0.220 e. The molecule has 2 heterocycles. The van der Waals surface area contributed by atoms with Gasteiger partial charge < -0.3 is 14.8 Å². The van der Waals surface area contributed by atoms with Crippen LogP contribution in [-0.2, 0) is 11.2 Å². The summed E-state index contributed by atoms with van der Waals surface area (Å²) in [5.74, 6) is -0.498. The van der Waals surface area contributed by atoms with Crippen LogP contribution in [0.3, 0.4) is 0 Å². The SMILES string of the molecule is O=Cc1cc2c([nH]1)CCOC(O)C2=O. The van der Waals surface area contributed by atoms with Gasteiger partial charge in [-0.05, 0) is 6.07 Å². The molecule has 2 N–H and O–H groups in total. The summed E-state index contributed by atoms with van der Waals surface area (Å²) >= 11 is 0. The summed E-state index contributed by atoms with van der Waals surface area (Å²) in [5, 5.41) is 9.21. The van der Waals surface area contributed by atoms with Crippen molar-refractivity contribution in [3.8, 4) is 0 Å². The fraction of sp³-hybridized carbons (Fsp3) is 0.333. The largest absolute Gasteiger partial charge is 0.362 e. The minimum atomic E-state index is -1.41. The summed E-state index contributed by atoms with van der Waals surface area (Å²) in [7, 11) is 0. The van der Waals surface area contributed by atoms with E-state index in [1.54, 1.807) is 0 Å².